The highest BCUT2D eigenvalue weighted by Gasteiger charge is 2.33. The van der Waals surface area contributed by atoms with Crippen molar-refractivity contribution in [1.82, 2.24) is 10.2 Å². The lowest BCUT2D eigenvalue weighted by Gasteiger charge is -2.34. The summed E-state index contributed by atoms with van der Waals surface area (Å²) in [5.41, 5.74) is 7.72. The summed E-state index contributed by atoms with van der Waals surface area (Å²) >= 11 is 11.6. The molecule has 0 spiro atoms. The Hall–Kier alpha value is -1.21. The van der Waals surface area contributed by atoms with Gasteiger partial charge in [-0.1, -0.05) is 11.6 Å². The van der Waals surface area contributed by atoms with Gasteiger partial charge in [0.25, 0.3) is 0 Å². The van der Waals surface area contributed by atoms with E-state index in [2.05, 4.69) is 5.32 Å². The van der Waals surface area contributed by atoms with Gasteiger partial charge in [-0.15, -0.1) is 12.4 Å². The molecule has 2 aliphatic heterocycles. The fourth-order valence-electron chi connectivity index (χ4n) is 2.81. The molecule has 1 atom stereocenters. The number of halogens is 2. The zero-order valence-electron chi connectivity index (χ0n) is 12.6. The molecule has 2 heterocycles. The Labute approximate surface area is 152 Å². The summed E-state index contributed by atoms with van der Waals surface area (Å²) in [6, 6.07) is 3.80. The predicted molar refractivity (Wildman–Crippen MR) is 96.6 cm³/mol. The summed E-state index contributed by atoms with van der Waals surface area (Å²) in [7, 11) is 1.62. The molecule has 1 radical (unpaired) electrons. The van der Waals surface area contributed by atoms with Crippen molar-refractivity contribution in [2.45, 2.75) is 18.9 Å². The zero-order chi connectivity index (χ0) is 15.7. The molecule has 2 aliphatic rings. The van der Waals surface area contributed by atoms with Gasteiger partial charge in [0.15, 0.2) is 5.11 Å². The molecule has 8 heteroatoms. The highest BCUT2D eigenvalue weighted by Crippen LogP contribution is 2.38. The van der Waals surface area contributed by atoms with Crippen LogP contribution in [0.3, 0.4) is 0 Å². The SMILES string of the molecule is COc1cc(Cl)c2c(c1)C[C@@H](N1C(=S)[N]C=C1CCN)CO2.Cl. The standard InChI is InChI=1S/C15H17ClN3O2S.ClH/c1-20-12-5-9-4-11(8-21-14(9)13(16)6-12)19-10(2-3-17)7-18-15(19)22;/h5-7,11H,2-4,8,17H2,1H3;1H/t11-;/m1./s1. The monoisotopic (exact) mass is 374 g/mol. The molecule has 0 amide bonds. The minimum Gasteiger partial charge on any atom is -0.497 e. The van der Waals surface area contributed by atoms with E-state index in [4.69, 9.17) is 39.0 Å². The van der Waals surface area contributed by atoms with E-state index in [-0.39, 0.29) is 18.4 Å². The number of nitrogens with zero attached hydrogens (tertiary/aromatic N) is 2. The van der Waals surface area contributed by atoms with Crippen LogP contribution in [0.5, 0.6) is 11.5 Å². The topological polar surface area (TPSA) is 61.8 Å². The summed E-state index contributed by atoms with van der Waals surface area (Å²) < 4.78 is 11.1. The van der Waals surface area contributed by atoms with E-state index < -0.39 is 0 Å². The van der Waals surface area contributed by atoms with Crippen LogP contribution < -0.4 is 20.5 Å². The van der Waals surface area contributed by atoms with Crippen LogP contribution in [0.1, 0.15) is 12.0 Å². The van der Waals surface area contributed by atoms with Crippen LogP contribution in [0, 0.1) is 0 Å². The summed E-state index contributed by atoms with van der Waals surface area (Å²) in [5, 5.41) is 5.37. The summed E-state index contributed by atoms with van der Waals surface area (Å²) in [6.07, 6.45) is 3.30. The van der Waals surface area contributed by atoms with Gasteiger partial charge in [0.2, 0.25) is 0 Å². The van der Waals surface area contributed by atoms with Crippen molar-refractivity contribution >= 4 is 41.3 Å². The normalized spacial score (nSPS) is 19.3. The molecule has 23 heavy (non-hydrogen) atoms. The summed E-state index contributed by atoms with van der Waals surface area (Å²) in [5.74, 6) is 1.45. The Kier molecular flexibility index (Phi) is 5.97. The minimum atomic E-state index is 0. The van der Waals surface area contributed by atoms with Crippen molar-refractivity contribution < 1.29 is 9.47 Å². The van der Waals surface area contributed by atoms with E-state index in [0.29, 0.717) is 23.3 Å². The Bertz CT molecular complexity index is 639. The molecule has 1 aromatic rings. The molecule has 0 aliphatic carbocycles. The highest BCUT2D eigenvalue weighted by atomic mass is 35.5. The van der Waals surface area contributed by atoms with Gasteiger partial charge >= 0.3 is 0 Å². The third-order valence-corrected chi connectivity index (χ3v) is 4.39. The number of fused-ring (bicyclic) bond motifs is 1. The Morgan fingerprint density at radius 1 is 1.52 bits per heavy atom. The third kappa shape index (κ3) is 3.50. The second kappa shape index (κ2) is 7.57. The molecule has 0 aromatic heterocycles. The quantitative estimate of drug-likeness (QED) is 0.820. The first-order chi connectivity index (χ1) is 10.6. The highest BCUT2D eigenvalue weighted by molar-refractivity contribution is 7.80. The molecule has 2 N–H and O–H groups in total. The molecule has 5 nitrogen and oxygen atoms in total. The van der Waals surface area contributed by atoms with Crippen molar-refractivity contribution in [1.29, 1.82) is 0 Å². The average molecular weight is 375 g/mol. The third-order valence-electron chi connectivity index (χ3n) is 3.81. The van der Waals surface area contributed by atoms with Crippen molar-refractivity contribution in [2.75, 3.05) is 20.3 Å². The first-order valence-electron chi connectivity index (χ1n) is 7.06. The minimum absolute atomic E-state index is 0. The second-order valence-electron chi connectivity index (χ2n) is 5.21. The average Bonchev–Trinajstić information content (AvgIpc) is 2.87. The smallest absolute Gasteiger partial charge is 0.200 e. The maximum atomic E-state index is 6.25. The van der Waals surface area contributed by atoms with E-state index >= 15 is 0 Å². The second-order valence-corrected chi connectivity index (χ2v) is 5.98. The number of thiocarbonyl (C=S) groups is 1. The number of benzene rings is 1. The van der Waals surface area contributed by atoms with E-state index in [1.165, 1.54) is 0 Å². The van der Waals surface area contributed by atoms with E-state index in [1.54, 1.807) is 19.4 Å². The zero-order valence-corrected chi connectivity index (χ0v) is 15.0. The fourth-order valence-corrected chi connectivity index (χ4v) is 3.42. The van der Waals surface area contributed by atoms with Gasteiger partial charge in [0, 0.05) is 36.4 Å². The van der Waals surface area contributed by atoms with Gasteiger partial charge in [-0.3, -0.25) is 0 Å². The molecule has 0 saturated carbocycles. The largest absolute Gasteiger partial charge is 0.497 e. The molecule has 1 aromatic carbocycles. The first-order valence-corrected chi connectivity index (χ1v) is 7.85. The molecule has 0 unspecified atom stereocenters. The maximum absolute atomic E-state index is 6.25. The Balaban J connectivity index is 0.00000192. The van der Waals surface area contributed by atoms with Crippen molar-refractivity contribution in [2.24, 2.45) is 5.73 Å². The maximum Gasteiger partial charge on any atom is 0.200 e. The number of rotatable bonds is 4. The fraction of sp³-hybridized carbons (Fsp3) is 0.400. The molecular weight excluding hydrogens is 357 g/mol. The van der Waals surface area contributed by atoms with Gasteiger partial charge in [-0.2, -0.15) is 0 Å². The lowest BCUT2D eigenvalue weighted by molar-refractivity contribution is 0.196. The lowest BCUT2D eigenvalue weighted by atomic mass is 10.0. The Morgan fingerprint density at radius 2 is 2.30 bits per heavy atom. The molecular formula is C15H18Cl2N3O2S. The number of ether oxygens (including phenoxy) is 2. The molecule has 0 fully saturated rings. The van der Waals surface area contributed by atoms with Gasteiger partial charge in [-0.25, -0.2) is 5.32 Å². The lowest BCUT2D eigenvalue weighted by Crippen LogP contribution is -2.44. The number of nitrogens with two attached hydrogens (primary N) is 1. The van der Waals surface area contributed by atoms with Crippen molar-refractivity contribution in [3.8, 4) is 11.5 Å². The van der Waals surface area contributed by atoms with Crippen molar-refractivity contribution in [3.05, 3.63) is 34.6 Å². The molecule has 125 valence electrons. The van der Waals surface area contributed by atoms with Crippen molar-refractivity contribution in [3.63, 3.8) is 0 Å². The van der Waals surface area contributed by atoms with Crippen LogP contribution in [-0.2, 0) is 6.42 Å². The van der Waals surface area contributed by atoms with Crippen LogP contribution in [0.4, 0.5) is 0 Å². The van der Waals surface area contributed by atoms with Gasteiger partial charge < -0.3 is 20.1 Å². The molecule has 3 rings (SSSR count). The van der Waals surface area contributed by atoms with E-state index in [1.807, 2.05) is 11.0 Å². The van der Waals surface area contributed by atoms with Crippen LogP contribution in [0.25, 0.3) is 0 Å². The van der Waals surface area contributed by atoms with Crippen LogP contribution in [0.2, 0.25) is 5.02 Å². The number of hydrogen-bond acceptors (Lipinski definition) is 4. The first kappa shape index (κ1) is 18.1. The van der Waals surface area contributed by atoms with E-state index in [0.717, 1.165) is 35.6 Å². The number of hydrogen-bond donors (Lipinski definition) is 1. The summed E-state index contributed by atoms with van der Waals surface area (Å²) in [4.78, 5) is 2.04. The van der Waals surface area contributed by atoms with Gasteiger partial charge in [0.1, 0.15) is 18.1 Å². The Morgan fingerprint density at radius 3 is 3.00 bits per heavy atom. The van der Waals surface area contributed by atoms with Gasteiger partial charge in [-0.05, 0) is 24.8 Å². The van der Waals surface area contributed by atoms with Gasteiger partial charge in [0.05, 0.1) is 18.2 Å². The molecule has 0 bridgehead atoms. The van der Waals surface area contributed by atoms with E-state index in [9.17, 15) is 0 Å². The predicted octanol–water partition coefficient (Wildman–Crippen LogP) is 2.47. The number of methoxy groups -OCH3 is 1. The van der Waals surface area contributed by atoms with Crippen LogP contribution in [-0.4, -0.2) is 36.3 Å². The van der Waals surface area contributed by atoms with Crippen LogP contribution in [0.15, 0.2) is 24.0 Å². The van der Waals surface area contributed by atoms with Crippen LogP contribution >= 0.6 is 36.2 Å². The molecule has 0 saturated heterocycles. The summed E-state index contributed by atoms with van der Waals surface area (Å²) in [6.45, 7) is 1.07.